The number of carbonyl (C=O) groups excluding carboxylic acids is 4. The Balaban J connectivity index is 1.36. The Morgan fingerprint density at radius 1 is 1.11 bits per heavy atom. The number of carbonyl (C=O) groups is 4. The van der Waals surface area contributed by atoms with Gasteiger partial charge in [-0.25, -0.2) is 4.79 Å². The van der Waals surface area contributed by atoms with E-state index in [4.69, 9.17) is 4.74 Å². The molecule has 1 saturated heterocycles. The van der Waals surface area contributed by atoms with Crippen LogP contribution in [0.15, 0.2) is 24.4 Å². The van der Waals surface area contributed by atoms with E-state index >= 15 is 0 Å². The highest BCUT2D eigenvalue weighted by molar-refractivity contribution is 5.96. The van der Waals surface area contributed by atoms with Crippen LogP contribution in [0.4, 0.5) is 4.79 Å². The van der Waals surface area contributed by atoms with Crippen LogP contribution in [0.1, 0.15) is 81.6 Å². The Morgan fingerprint density at radius 3 is 2.58 bits per heavy atom. The van der Waals surface area contributed by atoms with Gasteiger partial charge in [-0.1, -0.05) is 38.7 Å². The Kier molecular flexibility index (Phi) is 10.3. The fourth-order valence-corrected chi connectivity index (χ4v) is 5.97. The highest BCUT2D eigenvalue weighted by Crippen LogP contribution is 2.31. The fraction of sp³-hybridized carbons (Fsp3) is 0.690. The van der Waals surface area contributed by atoms with Gasteiger partial charge in [-0.2, -0.15) is 0 Å². The summed E-state index contributed by atoms with van der Waals surface area (Å²) in [5.41, 5.74) is 0.419. The SMILES string of the molecule is C[C@@H]1CC[C@H](NC(=O)C(CCC2CCCC2)NC(=O)N2CCOCC2)C(=O)CC1CC(=O)c1ccccn1. The summed E-state index contributed by atoms with van der Waals surface area (Å²) in [5.74, 6) is 0.277. The quantitative estimate of drug-likeness (QED) is 0.376. The maximum Gasteiger partial charge on any atom is 0.318 e. The highest BCUT2D eigenvalue weighted by Gasteiger charge is 2.34. The zero-order chi connectivity index (χ0) is 26.9. The molecular weight excluding hydrogens is 484 g/mol. The number of hydrogen-bond acceptors (Lipinski definition) is 6. The molecule has 1 aromatic rings. The van der Waals surface area contributed by atoms with Crippen molar-refractivity contribution in [1.29, 1.82) is 0 Å². The molecule has 9 heteroatoms. The van der Waals surface area contributed by atoms with Gasteiger partial charge in [0.1, 0.15) is 11.7 Å². The standard InChI is InChI=1S/C29H42N4O5/c1-20-9-11-24(27(35)19-22(20)18-26(34)23-8-4-5-13-30-23)31-28(36)25(12-10-21-6-2-3-7-21)32-29(37)33-14-16-38-17-15-33/h4-5,8,13,20-22,24-25H,2-3,6-7,9-12,14-19H2,1H3,(H,31,36)(H,32,37)/t20-,22?,24+,25?/m1/s1. The van der Waals surface area contributed by atoms with Crippen LogP contribution in [0, 0.1) is 17.8 Å². The van der Waals surface area contributed by atoms with Gasteiger partial charge in [-0.05, 0) is 55.6 Å². The number of aromatic nitrogens is 1. The number of nitrogens with zero attached hydrogens (tertiary/aromatic N) is 2. The number of pyridine rings is 1. The molecule has 1 aliphatic heterocycles. The number of morpholine rings is 1. The summed E-state index contributed by atoms with van der Waals surface area (Å²) in [5, 5.41) is 5.92. The van der Waals surface area contributed by atoms with Gasteiger partial charge in [-0.3, -0.25) is 19.4 Å². The first-order chi connectivity index (χ1) is 18.4. The number of Topliss-reactive ketones (excluding diaryl/α,β-unsaturated/α-hetero) is 2. The number of amides is 3. The summed E-state index contributed by atoms with van der Waals surface area (Å²) < 4.78 is 5.34. The minimum atomic E-state index is -0.680. The minimum absolute atomic E-state index is 0.0458. The number of nitrogens with one attached hydrogen (secondary N) is 2. The van der Waals surface area contributed by atoms with E-state index in [9.17, 15) is 19.2 Å². The van der Waals surface area contributed by atoms with Gasteiger partial charge >= 0.3 is 6.03 Å². The van der Waals surface area contributed by atoms with Crippen LogP contribution in [0.3, 0.4) is 0 Å². The van der Waals surface area contributed by atoms with Crippen LogP contribution in [-0.4, -0.2) is 71.8 Å². The Bertz CT molecular complexity index is 959. The van der Waals surface area contributed by atoms with Crippen LogP contribution in [0.25, 0.3) is 0 Å². The zero-order valence-electron chi connectivity index (χ0n) is 22.5. The Hall–Kier alpha value is -2.81. The lowest BCUT2D eigenvalue weighted by atomic mass is 9.85. The molecule has 3 fully saturated rings. The first kappa shape index (κ1) is 28.2. The molecule has 2 aliphatic carbocycles. The molecular formula is C29H42N4O5. The molecule has 0 spiro atoms. The number of rotatable bonds is 9. The number of ketones is 2. The van der Waals surface area contributed by atoms with Crippen molar-refractivity contribution in [2.24, 2.45) is 17.8 Å². The molecule has 2 unspecified atom stereocenters. The number of urea groups is 1. The molecule has 0 aromatic carbocycles. The summed E-state index contributed by atoms with van der Waals surface area (Å²) >= 11 is 0. The summed E-state index contributed by atoms with van der Waals surface area (Å²) in [4.78, 5) is 58.1. The second-order valence-corrected chi connectivity index (χ2v) is 11.2. The van der Waals surface area contributed by atoms with Crippen LogP contribution >= 0.6 is 0 Å². The smallest absolute Gasteiger partial charge is 0.318 e. The van der Waals surface area contributed by atoms with E-state index in [1.165, 1.54) is 25.7 Å². The monoisotopic (exact) mass is 526 g/mol. The van der Waals surface area contributed by atoms with Gasteiger partial charge in [0.05, 0.1) is 19.3 Å². The van der Waals surface area contributed by atoms with Crippen molar-refractivity contribution in [3.63, 3.8) is 0 Å². The van der Waals surface area contributed by atoms with Gasteiger partial charge in [0, 0.05) is 32.1 Å². The average Bonchev–Trinajstić information content (AvgIpc) is 3.42. The van der Waals surface area contributed by atoms with Crippen molar-refractivity contribution in [1.82, 2.24) is 20.5 Å². The van der Waals surface area contributed by atoms with Crippen LogP contribution in [0.2, 0.25) is 0 Å². The summed E-state index contributed by atoms with van der Waals surface area (Å²) in [6.07, 6.45) is 9.62. The molecule has 2 N–H and O–H groups in total. The van der Waals surface area contributed by atoms with Crippen molar-refractivity contribution in [3.05, 3.63) is 30.1 Å². The molecule has 2 heterocycles. The van der Waals surface area contributed by atoms with Gasteiger partial charge in [-0.15, -0.1) is 0 Å². The van der Waals surface area contributed by atoms with Gasteiger partial charge in [0.25, 0.3) is 0 Å². The first-order valence-electron chi connectivity index (χ1n) is 14.3. The van der Waals surface area contributed by atoms with E-state index < -0.39 is 12.1 Å². The van der Waals surface area contributed by atoms with Crippen molar-refractivity contribution in [3.8, 4) is 0 Å². The molecule has 4 rings (SSSR count). The van der Waals surface area contributed by atoms with Gasteiger partial charge < -0.3 is 20.3 Å². The summed E-state index contributed by atoms with van der Waals surface area (Å²) in [6.45, 7) is 4.05. The van der Waals surface area contributed by atoms with Crippen LogP contribution in [0.5, 0.6) is 0 Å². The molecule has 38 heavy (non-hydrogen) atoms. The van der Waals surface area contributed by atoms with Crippen molar-refractivity contribution in [2.75, 3.05) is 26.3 Å². The van der Waals surface area contributed by atoms with E-state index in [2.05, 4.69) is 22.5 Å². The maximum absolute atomic E-state index is 13.4. The second-order valence-electron chi connectivity index (χ2n) is 11.2. The van der Waals surface area contributed by atoms with Gasteiger partial charge in [0.15, 0.2) is 11.6 Å². The zero-order valence-corrected chi connectivity index (χ0v) is 22.5. The minimum Gasteiger partial charge on any atom is -0.378 e. The molecule has 4 atom stereocenters. The molecule has 208 valence electrons. The molecule has 0 radical (unpaired) electrons. The van der Waals surface area contributed by atoms with Crippen molar-refractivity contribution in [2.45, 2.75) is 83.2 Å². The third-order valence-corrected chi connectivity index (χ3v) is 8.53. The topological polar surface area (TPSA) is 118 Å². The van der Waals surface area contributed by atoms with E-state index in [1.807, 2.05) is 0 Å². The van der Waals surface area contributed by atoms with Crippen LogP contribution < -0.4 is 10.6 Å². The predicted octanol–water partition coefficient (Wildman–Crippen LogP) is 3.53. The lowest BCUT2D eigenvalue weighted by Gasteiger charge is -2.30. The molecule has 1 aromatic heterocycles. The first-order valence-corrected chi connectivity index (χ1v) is 14.3. The average molecular weight is 527 g/mol. The Morgan fingerprint density at radius 2 is 1.87 bits per heavy atom. The second kappa shape index (κ2) is 13.8. The molecule has 0 bridgehead atoms. The van der Waals surface area contributed by atoms with E-state index in [1.54, 1.807) is 29.3 Å². The van der Waals surface area contributed by atoms with Crippen LogP contribution in [-0.2, 0) is 14.3 Å². The molecule has 3 aliphatic rings. The predicted molar refractivity (Wildman–Crippen MR) is 143 cm³/mol. The van der Waals surface area contributed by atoms with Crippen molar-refractivity contribution < 1.29 is 23.9 Å². The lowest BCUT2D eigenvalue weighted by Crippen LogP contribution is -2.55. The van der Waals surface area contributed by atoms with Gasteiger partial charge in [0.2, 0.25) is 5.91 Å². The number of ether oxygens (including phenoxy) is 1. The third-order valence-electron chi connectivity index (χ3n) is 8.53. The third kappa shape index (κ3) is 7.85. The largest absolute Gasteiger partial charge is 0.378 e. The maximum atomic E-state index is 13.4. The molecule has 9 nitrogen and oxygen atoms in total. The summed E-state index contributed by atoms with van der Waals surface area (Å²) in [7, 11) is 0. The molecule has 3 amide bonds. The van der Waals surface area contributed by atoms with E-state index in [0.717, 1.165) is 12.8 Å². The Labute approximate surface area is 225 Å². The summed E-state index contributed by atoms with van der Waals surface area (Å²) in [6, 6.07) is 3.72. The molecule has 2 saturated carbocycles. The fourth-order valence-electron chi connectivity index (χ4n) is 5.97. The highest BCUT2D eigenvalue weighted by atomic mass is 16.5. The van der Waals surface area contributed by atoms with E-state index in [0.29, 0.717) is 50.8 Å². The lowest BCUT2D eigenvalue weighted by molar-refractivity contribution is -0.129. The number of hydrogen-bond donors (Lipinski definition) is 2. The van der Waals surface area contributed by atoms with E-state index in [-0.39, 0.29) is 48.2 Å². The van der Waals surface area contributed by atoms with Crippen molar-refractivity contribution >= 4 is 23.5 Å². The normalized spacial score (nSPS) is 25.4.